The largest absolute Gasteiger partial charge is 0.348 e. The molecule has 0 aromatic carbocycles. The standard InChI is InChI=1S/C10H16BrN3O/c1-6(2)5-7-8(11)9(15)13-10(12-7)14(3)4/h6H,5H2,1-4H3,(H,12,13,15). The molecule has 5 heteroatoms. The van der Waals surface area contributed by atoms with Crippen molar-refractivity contribution in [2.75, 3.05) is 19.0 Å². The van der Waals surface area contributed by atoms with Gasteiger partial charge >= 0.3 is 0 Å². The molecule has 0 aliphatic carbocycles. The topological polar surface area (TPSA) is 49.0 Å². The zero-order chi connectivity index (χ0) is 11.6. The zero-order valence-electron chi connectivity index (χ0n) is 9.47. The van der Waals surface area contributed by atoms with Crippen LogP contribution in [0.25, 0.3) is 0 Å². The summed E-state index contributed by atoms with van der Waals surface area (Å²) in [5.41, 5.74) is 0.696. The van der Waals surface area contributed by atoms with E-state index in [0.717, 1.165) is 12.1 Å². The van der Waals surface area contributed by atoms with Crippen LogP contribution >= 0.6 is 15.9 Å². The number of hydrogen-bond acceptors (Lipinski definition) is 3. The number of rotatable bonds is 3. The van der Waals surface area contributed by atoms with Gasteiger partial charge in [0.25, 0.3) is 5.56 Å². The molecule has 1 aromatic rings. The number of halogens is 1. The van der Waals surface area contributed by atoms with Gasteiger partial charge in [-0.2, -0.15) is 0 Å². The van der Waals surface area contributed by atoms with Crippen LogP contribution in [0, 0.1) is 5.92 Å². The maximum atomic E-state index is 11.6. The Kier molecular flexibility index (Phi) is 3.90. The summed E-state index contributed by atoms with van der Waals surface area (Å²) >= 11 is 3.27. The first-order valence-electron chi connectivity index (χ1n) is 4.87. The number of aromatic nitrogens is 2. The van der Waals surface area contributed by atoms with Gasteiger partial charge in [-0.05, 0) is 28.3 Å². The number of hydrogen-bond donors (Lipinski definition) is 1. The third-order valence-corrected chi connectivity index (χ3v) is 2.76. The molecular weight excluding hydrogens is 258 g/mol. The SMILES string of the molecule is CC(C)Cc1nc(N(C)C)[nH]c(=O)c1Br. The van der Waals surface area contributed by atoms with Crippen molar-refractivity contribution in [2.24, 2.45) is 5.92 Å². The van der Waals surface area contributed by atoms with Crippen LogP contribution in [0.4, 0.5) is 5.95 Å². The van der Waals surface area contributed by atoms with Crippen LogP contribution in [0.1, 0.15) is 19.5 Å². The van der Waals surface area contributed by atoms with E-state index in [0.29, 0.717) is 16.3 Å². The number of nitrogens with zero attached hydrogens (tertiary/aromatic N) is 2. The van der Waals surface area contributed by atoms with Crippen molar-refractivity contribution in [3.63, 3.8) is 0 Å². The highest BCUT2D eigenvalue weighted by atomic mass is 79.9. The predicted molar refractivity (Wildman–Crippen MR) is 65.4 cm³/mol. The van der Waals surface area contributed by atoms with Gasteiger partial charge in [0.15, 0.2) is 0 Å². The van der Waals surface area contributed by atoms with Crippen molar-refractivity contribution < 1.29 is 0 Å². The molecule has 1 N–H and O–H groups in total. The van der Waals surface area contributed by atoms with Crippen LogP contribution in [0.3, 0.4) is 0 Å². The smallest absolute Gasteiger partial charge is 0.266 e. The predicted octanol–water partition coefficient (Wildman–Crippen LogP) is 1.80. The summed E-state index contributed by atoms with van der Waals surface area (Å²) in [5.74, 6) is 1.07. The highest BCUT2D eigenvalue weighted by Crippen LogP contribution is 2.15. The van der Waals surface area contributed by atoms with Crippen LogP contribution in [0.15, 0.2) is 9.27 Å². The summed E-state index contributed by atoms with van der Waals surface area (Å²) in [7, 11) is 3.71. The molecule has 0 atom stereocenters. The van der Waals surface area contributed by atoms with Crippen LogP contribution in [0.5, 0.6) is 0 Å². The summed E-state index contributed by atoms with van der Waals surface area (Å²) in [6.45, 7) is 4.20. The van der Waals surface area contributed by atoms with Crippen LogP contribution in [0.2, 0.25) is 0 Å². The van der Waals surface area contributed by atoms with Crippen molar-refractivity contribution >= 4 is 21.9 Å². The van der Waals surface area contributed by atoms with Crippen molar-refractivity contribution in [1.82, 2.24) is 9.97 Å². The molecule has 0 fully saturated rings. The average molecular weight is 274 g/mol. The number of H-pyrrole nitrogens is 1. The molecule has 0 saturated carbocycles. The van der Waals surface area contributed by atoms with Gasteiger partial charge in [-0.15, -0.1) is 0 Å². The summed E-state index contributed by atoms with van der Waals surface area (Å²) in [4.78, 5) is 20.5. The summed E-state index contributed by atoms with van der Waals surface area (Å²) in [5, 5.41) is 0. The second-order valence-corrected chi connectivity index (χ2v) is 4.94. The summed E-state index contributed by atoms with van der Waals surface area (Å²) in [6.07, 6.45) is 0.797. The molecule has 0 aliphatic heterocycles. The van der Waals surface area contributed by atoms with Crippen LogP contribution < -0.4 is 10.5 Å². The molecule has 0 aliphatic rings. The van der Waals surface area contributed by atoms with Gasteiger partial charge in [0.05, 0.1) is 5.69 Å². The highest BCUT2D eigenvalue weighted by Gasteiger charge is 2.11. The Bertz CT molecular complexity index is 398. The van der Waals surface area contributed by atoms with E-state index >= 15 is 0 Å². The Morgan fingerprint density at radius 3 is 2.53 bits per heavy atom. The molecule has 0 unspecified atom stereocenters. The lowest BCUT2D eigenvalue weighted by atomic mass is 10.1. The van der Waals surface area contributed by atoms with Crippen LogP contribution in [-0.2, 0) is 6.42 Å². The van der Waals surface area contributed by atoms with Gasteiger partial charge in [-0.3, -0.25) is 9.78 Å². The fourth-order valence-corrected chi connectivity index (χ4v) is 1.58. The molecule has 0 spiro atoms. The average Bonchev–Trinajstić information content (AvgIpc) is 2.11. The fourth-order valence-electron chi connectivity index (χ4n) is 1.23. The van der Waals surface area contributed by atoms with Gasteiger partial charge in [0.2, 0.25) is 5.95 Å². The summed E-state index contributed by atoms with van der Waals surface area (Å²) in [6, 6.07) is 0. The number of nitrogens with one attached hydrogen (secondary N) is 1. The third-order valence-electron chi connectivity index (χ3n) is 1.94. The first-order valence-corrected chi connectivity index (χ1v) is 5.67. The fraction of sp³-hybridized carbons (Fsp3) is 0.600. The maximum Gasteiger partial charge on any atom is 0.266 e. The first-order chi connectivity index (χ1) is 6.91. The Balaban J connectivity index is 3.19. The van der Waals surface area contributed by atoms with Crippen molar-refractivity contribution in [3.8, 4) is 0 Å². The molecule has 0 amide bonds. The van der Waals surface area contributed by atoms with Gasteiger partial charge in [-0.25, -0.2) is 4.98 Å². The Hall–Kier alpha value is -0.840. The lowest BCUT2D eigenvalue weighted by Gasteiger charge is -2.13. The zero-order valence-corrected chi connectivity index (χ0v) is 11.1. The van der Waals surface area contributed by atoms with Gasteiger partial charge in [0, 0.05) is 14.1 Å². The van der Waals surface area contributed by atoms with Crippen molar-refractivity contribution in [1.29, 1.82) is 0 Å². The van der Waals surface area contributed by atoms with Gasteiger partial charge < -0.3 is 4.90 Å². The Morgan fingerprint density at radius 1 is 1.47 bits per heavy atom. The molecule has 1 rings (SSSR count). The third kappa shape index (κ3) is 3.06. The maximum absolute atomic E-state index is 11.6. The number of aromatic amines is 1. The summed E-state index contributed by atoms with van der Waals surface area (Å²) < 4.78 is 0.543. The van der Waals surface area contributed by atoms with E-state index < -0.39 is 0 Å². The van der Waals surface area contributed by atoms with Crippen molar-refractivity contribution in [3.05, 3.63) is 20.5 Å². The quantitative estimate of drug-likeness (QED) is 0.914. The Labute approximate surface area is 97.8 Å². The monoisotopic (exact) mass is 273 g/mol. The minimum Gasteiger partial charge on any atom is -0.348 e. The van der Waals surface area contributed by atoms with E-state index in [1.807, 2.05) is 14.1 Å². The number of anilines is 1. The lowest BCUT2D eigenvalue weighted by molar-refractivity contribution is 0.630. The van der Waals surface area contributed by atoms with E-state index in [1.54, 1.807) is 4.90 Å². The first kappa shape index (κ1) is 12.2. The van der Waals surface area contributed by atoms with Gasteiger partial charge in [-0.1, -0.05) is 13.8 Å². The van der Waals surface area contributed by atoms with E-state index in [-0.39, 0.29) is 5.56 Å². The minimum absolute atomic E-state index is 0.121. The second kappa shape index (κ2) is 4.79. The highest BCUT2D eigenvalue weighted by molar-refractivity contribution is 9.10. The molecule has 0 radical (unpaired) electrons. The molecule has 4 nitrogen and oxygen atoms in total. The van der Waals surface area contributed by atoms with E-state index in [1.165, 1.54) is 0 Å². The Morgan fingerprint density at radius 2 is 2.07 bits per heavy atom. The van der Waals surface area contributed by atoms with Crippen molar-refractivity contribution in [2.45, 2.75) is 20.3 Å². The molecule has 0 bridgehead atoms. The van der Waals surface area contributed by atoms with Crippen LogP contribution in [-0.4, -0.2) is 24.1 Å². The second-order valence-electron chi connectivity index (χ2n) is 4.14. The molecule has 15 heavy (non-hydrogen) atoms. The molecule has 1 aromatic heterocycles. The van der Waals surface area contributed by atoms with E-state index in [9.17, 15) is 4.79 Å². The van der Waals surface area contributed by atoms with E-state index in [2.05, 4.69) is 39.7 Å². The normalized spacial score (nSPS) is 10.8. The van der Waals surface area contributed by atoms with E-state index in [4.69, 9.17) is 0 Å². The molecule has 0 saturated heterocycles. The minimum atomic E-state index is -0.121. The molecular formula is C10H16BrN3O. The lowest BCUT2D eigenvalue weighted by Crippen LogP contribution is -2.21. The molecule has 1 heterocycles. The molecule has 84 valence electrons. The van der Waals surface area contributed by atoms with Gasteiger partial charge in [0.1, 0.15) is 4.47 Å².